The average molecular weight is 491 g/mol. The Hall–Kier alpha value is -3.98. The molecule has 0 atom stereocenters. The van der Waals surface area contributed by atoms with E-state index in [1.807, 2.05) is 55.4 Å². The maximum absolute atomic E-state index is 13.5. The van der Waals surface area contributed by atoms with Crippen molar-refractivity contribution >= 4 is 29.7 Å². The number of rotatable bonds is 8. The monoisotopic (exact) mass is 490 g/mol. The maximum atomic E-state index is 13.5. The summed E-state index contributed by atoms with van der Waals surface area (Å²) in [7, 11) is 3.98. The predicted octanol–water partition coefficient (Wildman–Crippen LogP) is 3.98. The zero-order valence-corrected chi connectivity index (χ0v) is 20.4. The number of amides is 1. The third-order valence-electron chi connectivity index (χ3n) is 6.29. The van der Waals surface area contributed by atoms with Gasteiger partial charge in [0.05, 0.1) is 24.5 Å². The number of aromatic nitrogens is 2. The van der Waals surface area contributed by atoms with E-state index in [0.717, 1.165) is 28.6 Å². The Bertz CT molecular complexity index is 1210. The molecule has 0 spiro atoms. The van der Waals surface area contributed by atoms with Gasteiger partial charge >= 0.3 is 12.0 Å². The summed E-state index contributed by atoms with van der Waals surface area (Å²) >= 11 is 0. The molecule has 2 heterocycles. The highest BCUT2D eigenvalue weighted by atomic mass is 16.4. The van der Waals surface area contributed by atoms with Crippen LogP contribution in [0.15, 0.2) is 59.3 Å². The van der Waals surface area contributed by atoms with Gasteiger partial charge in [0.2, 0.25) is 5.91 Å². The molecule has 0 saturated heterocycles. The van der Waals surface area contributed by atoms with Crippen molar-refractivity contribution in [2.75, 3.05) is 23.9 Å². The van der Waals surface area contributed by atoms with Crippen LogP contribution in [0.25, 0.3) is 17.3 Å². The summed E-state index contributed by atoms with van der Waals surface area (Å²) in [6, 6.07) is 12.0. The second kappa shape index (κ2) is 11.2. The lowest BCUT2D eigenvalue weighted by molar-refractivity contribution is -0.131. The zero-order valence-electron chi connectivity index (χ0n) is 20.4. The quantitative estimate of drug-likeness (QED) is 0.455. The Balaban J connectivity index is 1.55. The number of aliphatic hydroxyl groups excluding tert-OH is 1. The first-order valence-corrected chi connectivity index (χ1v) is 11.9. The number of aliphatic hydroxyl groups is 1. The number of carbonyl (C=O) groups excluding carboxylic acids is 1. The molecule has 1 fully saturated rings. The van der Waals surface area contributed by atoms with Gasteiger partial charge in [-0.3, -0.25) is 14.7 Å². The second-order valence-corrected chi connectivity index (χ2v) is 9.14. The first kappa shape index (κ1) is 25.1. The summed E-state index contributed by atoms with van der Waals surface area (Å²) in [6.45, 7) is 0.202. The van der Waals surface area contributed by atoms with E-state index >= 15 is 0 Å². The van der Waals surface area contributed by atoms with Crippen LogP contribution in [0.2, 0.25) is 0 Å². The number of carboxylic acids is 1. The third kappa shape index (κ3) is 6.17. The fourth-order valence-corrected chi connectivity index (χ4v) is 4.22. The molecule has 1 saturated carbocycles. The number of aliphatic carboxylic acids is 1. The van der Waals surface area contributed by atoms with Crippen molar-refractivity contribution < 1.29 is 24.2 Å². The normalized spacial score (nSPS) is 17.8. The molecule has 4 rings (SSSR count). The number of anilines is 2. The van der Waals surface area contributed by atoms with Crippen LogP contribution in [0.4, 0.5) is 11.7 Å². The second-order valence-electron chi connectivity index (χ2n) is 9.14. The van der Waals surface area contributed by atoms with E-state index in [1.54, 1.807) is 6.20 Å². The van der Waals surface area contributed by atoms with Crippen molar-refractivity contribution in [1.82, 2.24) is 9.97 Å². The number of benzene rings is 1. The van der Waals surface area contributed by atoms with Crippen molar-refractivity contribution in [2.45, 2.75) is 38.3 Å². The molecule has 1 amide bonds. The average Bonchev–Trinajstić information content (AvgIpc) is 3.35. The molecule has 0 unspecified atom stereocenters. The minimum Gasteiger partial charge on any atom is -0.478 e. The Morgan fingerprint density at radius 1 is 1.03 bits per heavy atom. The van der Waals surface area contributed by atoms with Gasteiger partial charge in [0.1, 0.15) is 5.76 Å². The summed E-state index contributed by atoms with van der Waals surface area (Å²) in [5, 5.41) is 18.7. The highest BCUT2D eigenvalue weighted by Gasteiger charge is 2.31. The van der Waals surface area contributed by atoms with Gasteiger partial charge in [0.25, 0.3) is 0 Å². The smallest absolute Gasteiger partial charge is 0.328 e. The Morgan fingerprint density at radius 2 is 1.75 bits per heavy atom. The topological polar surface area (TPSA) is 120 Å². The maximum Gasteiger partial charge on any atom is 0.328 e. The van der Waals surface area contributed by atoms with E-state index < -0.39 is 5.97 Å². The molecule has 2 N–H and O–H groups in total. The van der Waals surface area contributed by atoms with E-state index in [0.29, 0.717) is 25.7 Å². The number of pyridine rings is 1. The molecule has 0 radical (unpaired) electrons. The van der Waals surface area contributed by atoms with Crippen molar-refractivity contribution in [2.24, 2.45) is 5.92 Å². The molecule has 2 aromatic heterocycles. The lowest BCUT2D eigenvalue weighted by atomic mass is 9.86. The highest BCUT2D eigenvalue weighted by Crippen LogP contribution is 2.29. The van der Waals surface area contributed by atoms with E-state index in [2.05, 4.69) is 9.97 Å². The highest BCUT2D eigenvalue weighted by molar-refractivity contribution is 5.93. The molecule has 0 bridgehead atoms. The van der Waals surface area contributed by atoms with Gasteiger partial charge in [0.15, 0.2) is 0 Å². The van der Waals surface area contributed by atoms with Crippen molar-refractivity contribution in [3.63, 3.8) is 0 Å². The summed E-state index contributed by atoms with van der Waals surface area (Å²) in [5.41, 5.74) is 3.71. The number of nitrogens with zero attached hydrogens (tertiary/aromatic N) is 4. The Labute approximate surface area is 209 Å². The number of hydrogen-bond acceptors (Lipinski definition) is 7. The minimum absolute atomic E-state index is 0.0968. The fraction of sp³-hybridized carbons (Fsp3) is 0.333. The fourth-order valence-electron chi connectivity index (χ4n) is 4.22. The van der Waals surface area contributed by atoms with Crippen LogP contribution in [-0.4, -0.2) is 52.3 Å². The van der Waals surface area contributed by atoms with Gasteiger partial charge in [-0.2, -0.15) is 0 Å². The molecule has 36 heavy (non-hydrogen) atoms. The van der Waals surface area contributed by atoms with Gasteiger partial charge in [-0.05, 0) is 55.5 Å². The number of hydrogen-bond donors (Lipinski definition) is 2. The summed E-state index contributed by atoms with van der Waals surface area (Å²) in [6.07, 6.45) is 7.30. The lowest BCUT2D eigenvalue weighted by Gasteiger charge is -2.28. The van der Waals surface area contributed by atoms with Gasteiger partial charge in [0, 0.05) is 43.5 Å². The summed E-state index contributed by atoms with van der Waals surface area (Å²) in [4.78, 5) is 36.6. The molecule has 3 aromatic rings. The number of carbonyl (C=O) groups is 2. The summed E-state index contributed by atoms with van der Waals surface area (Å²) < 4.78 is 5.70. The minimum atomic E-state index is -1.11. The molecule has 0 aliphatic heterocycles. The van der Waals surface area contributed by atoms with Gasteiger partial charge in [-0.25, -0.2) is 9.78 Å². The molecule has 1 aromatic carbocycles. The zero-order chi connectivity index (χ0) is 25.7. The molecule has 9 heteroatoms. The van der Waals surface area contributed by atoms with Crippen LogP contribution in [0.1, 0.15) is 37.0 Å². The number of carboxylic acid groups (broad SMARTS) is 1. The third-order valence-corrected chi connectivity index (χ3v) is 6.29. The first-order valence-electron chi connectivity index (χ1n) is 11.9. The first-order chi connectivity index (χ1) is 17.3. The van der Waals surface area contributed by atoms with Gasteiger partial charge < -0.3 is 19.5 Å². The largest absolute Gasteiger partial charge is 0.478 e. The van der Waals surface area contributed by atoms with Gasteiger partial charge in [-0.15, -0.1) is 0 Å². The molecular weight excluding hydrogens is 460 g/mol. The van der Waals surface area contributed by atoms with Crippen molar-refractivity contribution in [3.05, 3.63) is 66.2 Å². The van der Waals surface area contributed by atoms with E-state index in [4.69, 9.17) is 9.52 Å². The van der Waals surface area contributed by atoms with E-state index in [9.17, 15) is 14.7 Å². The molecule has 188 valence electrons. The van der Waals surface area contributed by atoms with Crippen LogP contribution in [0.3, 0.4) is 0 Å². The lowest BCUT2D eigenvalue weighted by Crippen LogP contribution is -2.38. The van der Waals surface area contributed by atoms with Crippen LogP contribution in [0, 0.1) is 5.92 Å². The van der Waals surface area contributed by atoms with Crippen molar-refractivity contribution in [1.29, 1.82) is 0 Å². The SMILES string of the molecule is CN(C)c1ccc(-c2ccc(CN(C(=O)C3CCC(O)CC3)c3ncc(C=CC(=O)O)o3)cn2)cc1. The predicted molar refractivity (Wildman–Crippen MR) is 136 cm³/mol. The number of oxazole rings is 1. The van der Waals surface area contributed by atoms with Crippen LogP contribution in [-0.2, 0) is 16.1 Å². The van der Waals surface area contributed by atoms with Crippen LogP contribution < -0.4 is 9.80 Å². The van der Waals surface area contributed by atoms with E-state index in [-0.39, 0.29) is 36.2 Å². The van der Waals surface area contributed by atoms with Crippen molar-refractivity contribution in [3.8, 4) is 11.3 Å². The Morgan fingerprint density at radius 3 is 2.36 bits per heavy atom. The van der Waals surface area contributed by atoms with Crippen LogP contribution >= 0.6 is 0 Å². The Kier molecular flexibility index (Phi) is 7.80. The standard InChI is InChI=1S/C27H30N4O5/c1-30(2)21-8-4-19(5-9-21)24-13-3-18(15-28-24)17-31(26(35)20-6-10-22(32)11-7-20)27-29-16-23(36-27)12-14-25(33)34/h3-5,8-9,12-16,20,22,32H,6-7,10-11,17H2,1-2H3,(H,33,34). The molecular formula is C27H30N4O5. The molecule has 1 aliphatic carbocycles. The van der Waals surface area contributed by atoms with E-state index in [1.165, 1.54) is 17.2 Å². The van der Waals surface area contributed by atoms with Gasteiger partial charge in [-0.1, -0.05) is 18.2 Å². The molecule has 9 nitrogen and oxygen atoms in total. The summed E-state index contributed by atoms with van der Waals surface area (Å²) in [5.74, 6) is -1.26. The molecule has 1 aliphatic rings. The van der Waals surface area contributed by atoms with Crippen LogP contribution in [0.5, 0.6) is 0 Å².